The second-order valence-electron chi connectivity index (χ2n) is 3.78. The van der Waals surface area contributed by atoms with E-state index in [0.29, 0.717) is 0 Å². The predicted molar refractivity (Wildman–Crippen MR) is 79.5 cm³/mol. The second-order valence-corrected chi connectivity index (χ2v) is 4.05. The molecule has 0 aliphatic heterocycles. The lowest BCUT2D eigenvalue weighted by Crippen LogP contribution is -2.17. The number of aliphatic imine (C=N–C) groups is 1. The van der Waals surface area contributed by atoms with Gasteiger partial charge in [-0.05, 0) is 31.2 Å². The standard InChI is InChI=1S/C12H16ClN3O.ClH/c1-9(16(2)3)14-10-4-6-11(7-5-10)15-12(17)8-13;/h4-7H,8H2,1-3H3,(H,15,17);1H. The average Bonchev–Trinajstić information content (AvgIpc) is 2.31. The van der Waals surface area contributed by atoms with Gasteiger partial charge in [0.2, 0.25) is 5.91 Å². The first-order chi connectivity index (χ1) is 8.02. The molecule has 0 spiro atoms. The van der Waals surface area contributed by atoms with Gasteiger partial charge in [-0.3, -0.25) is 4.79 Å². The number of benzene rings is 1. The maximum absolute atomic E-state index is 11.1. The van der Waals surface area contributed by atoms with Crippen LogP contribution in [0, 0.1) is 0 Å². The van der Waals surface area contributed by atoms with Crippen LogP contribution in [0.1, 0.15) is 6.92 Å². The average molecular weight is 290 g/mol. The Morgan fingerprint density at radius 1 is 1.33 bits per heavy atom. The molecule has 0 saturated heterocycles. The smallest absolute Gasteiger partial charge is 0.239 e. The first kappa shape index (κ1) is 16.7. The van der Waals surface area contributed by atoms with Crippen molar-refractivity contribution in [2.24, 2.45) is 4.99 Å². The van der Waals surface area contributed by atoms with Gasteiger partial charge in [-0.1, -0.05) is 0 Å². The Kier molecular flexibility index (Phi) is 7.39. The Morgan fingerprint density at radius 2 is 1.89 bits per heavy atom. The Balaban J connectivity index is 0.00000289. The molecule has 0 unspecified atom stereocenters. The fourth-order valence-corrected chi connectivity index (χ4v) is 1.17. The van der Waals surface area contributed by atoms with Gasteiger partial charge < -0.3 is 10.2 Å². The Bertz CT molecular complexity index is 416. The first-order valence-corrected chi connectivity index (χ1v) is 5.75. The third kappa shape index (κ3) is 5.38. The minimum atomic E-state index is -0.215. The van der Waals surface area contributed by atoms with Crippen LogP contribution in [0.3, 0.4) is 0 Å². The van der Waals surface area contributed by atoms with Gasteiger partial charge in [0.25, 0.3) is 0 Å². The van der Waals surface area contributed by atoms with Crippen molar-refractivity contribution in [2.75, 3.05) is 25.3 Å². The number of hydrogen-bond donors (Lipinski definition) is 1. The molecule has 100 valence electrons. The van der Waals surface area contributed by atoms with E-state index in [4.69, 9.17) is 11.6 Å². The number of nitrogens with one attached hydrogen (secondary N) is 1. The van der Waals surface area contributed by atoms with E-state index in [9.17, 15) is 4.79 Å². The summed E-state index contributed by atoms with van der Waals surface area (Å²) in [7, 11) is 3.88. The molecule has 1 N–H and O–H groups in total. The first-order valence-electron chi connectivity index (χ1n) is 5.21. The van der Waals surface area contributed by atoms with E-state index >= 15 is 0 Å². The summed E-state index contributed by atoms with van der Waals surface area (Å²) >= 11 is 5.40. The van der Waals surface area contributed by atoms with Gasteiger partial charge in [-0.25, -0.2) is 4.99 Å². The zero-order valence-electron chi connectivity index (χ0n) is 10.6. The van der Waals surface area contributed by atoms with E-state index in [2.05, 4.69) is 10.3 Å². The summed E-state index contributed by atoms with van der Waals surface area (Å²) < 4.78 is 0. The van der Waals surface area contributed by atoms with Crippen LogP contribution in [0.15, 0.2) is 29.3 Å². The molecule has 1 amide bonds. The van der Waals surface area contributed by atoms with Crippen molar-refractivity contribution >= 4 is 47.1 Å². The van der Waals surface area contributed by atoms with E-state index in [1.165, 1.54) is 0 Å². The summed E-state index contributed by atoms with van der Waals surface area (Å²) in [5.41, 5.74) is 1.57. The molecule has 0 fully saturated rings. The van der Waals surface area contributed by atoms with Crippen LogP contribution in [-0.2, 0) is 4.79 Å². The fraction of sp³-hybridized carbons (Fsp3) is 0.333. The molecule has 1 aromatic rings. The zero-order valence-corrected chi connectivity index (χ0v) is 12.2. The molecule has 0 aliphatic rings. The molecule has 0 aromatic heterocycles. The van der Waals surface area contributed by atoms with Crippen LogP contribution >= 0.6 is 24.0 Å². The van der Waals surface area contributed by atoms with E-state index in [0.717, 1.165) is 17.2 Å². The van der Waals surface area contributed by atoms with Gasteiger partial charge in [0, 0.05) is 19.8 Å². The quantitative estimate of drug-likeness (QED) is 0.528. The molecule has 4 nitrogen and oxygen atoms in total. The molecule has 1 rings (SSSR count). The minimum Gasteiger partial charge on any atom is -0.366 e. The van der Waals surface area contributed by atoms with Gasteiger partial charge in [-0.15, -0.1) is 24.0 Å². The van der Waals surface area contributed by atoms with Crippen LogP contribution in [0.4, 0.5) is 11.4 Å². The number of carbonyl (C=O) groups excluding carboxylic acids is 1. The summed E-state index contributed by atoms with van der Waals surface area (Å²) in [4.78, 5) is 17.4. The summed E-state index contributed by atoms with van der Waals surface area (Å²) in [6.45, 7) is 1.93. The molecule has 18 heavy (non-hydrogen) atoms. The lowest BCUT2D eigenvalue weighted by molar-refractivity contribution is -0.113. The number of amidine groups is 1. The summed E-state index contributed by atoms with van der Waals surface area (Å²) in [5.74, 6) is 0.662. The molecule has 0 saturated carbocycles. The summed E-state index contributed by atoms with van der Waals surface area (Å²) in [5, 5.41) is 2.67. The van der Waals surface area contributed by atoms with Crippen molar-refractivity contribution in [1.82, 2.24) is 4.90 Å². The van der Waals surface area contributed by atoms with Crippen molar-refractivity contribution in [2.45, 2.75) is 6.92 Å². The number of nitrogens with zero attached hydrogens (tertiary/aromatic N) is 2. The highest BCUT2D eigenvalue weighted by Crippen LogP contribution is 2.16. The van der Waals surface area contributed by atoms with Crippen molar-refractivity contribution in [3.8, 4) is 0 Å². The molecule has 0 bridgehead atoms. The molecule has 0 aliphatic carbocycles. The van der Waals surface area contributed by atoms with Crippen LogP contribution in [0.5, 0.6) is 0 Å². The van der Waals surface area contributed by atoms with Gasteiger partial charge in [0.1, 0.15) is 11.7 Å². The highest BCUT2D eigenvalue weighted by molar-refractivity contribution is 6.29. The topological polar surface area (TPSA) is 44.7 Å². The lowest BCUT2D eigenvalue weighted by Gasteiger charge is -2.11. The molecule has 1 aromatic carbocycles. The summed E-state index contributed by atoms with van der Waals surface area (Å²) in [6, 6.07) is 7.28. The monoisotopic (exact) mass is 289 g/mol. The number of anilines is 1. The van der Waals surface area contributed by atoms with Crippen LogP contribution < -0.4 is 5.32 Å². The molecule has 0 radical (unpaired) electrons. The third-order valence-electron chi connectivity index (χ3n) is 2.21. The predicted octanol–water partition coefficient (Wildman–Crippen LogP) is 2.90. The number of rotatable bonds is 3. The number of carbonyl (C=O) groups is 1. The Labute approximate surface area is 118 Å². The van der Waals surface area contributed by atoms with Gasteiger partial charge >= 0.3 is 0 Å². The molecule has 0 heterocycles. The van der Waals surface area contributed by atoms with Crippen LogP contribution in [-0.4, -0.2) is 36.6 Å². The highest BCUT2D eigenvalue weighted by Gasteiger charge is 2.00. The second kappa shape index (κ2) is 7.95. The molecule has 6 heteroatoms. The largest absolute Gasteiger partial charge is 0.366 e. The number of hydrogen-bond acceptors (Lipinski definition) is 2. The van der Waals surface area contributed by atoms with Crippen molar-refractivity contribution < 1.29 is 4.79 Å². The van der Waals surface area contributed by atoms with E-state index in [1.807, 2.05) is 38.1 Å². The summed E-state index contributed by atoms with van der Waals surface area (Å²) in [6.07, 6.45) is 0. The normalized spacial score (nSPS) is 10.6. The van der Waals surface area contributed by atoms with E-state index in [1.54, 1.807) is 12.1 Å². The fourth-order valence-electron chi connectivity index (χ4n) is 1.10. The Hall–Kier alpha value is -1.26. The van der Waals surface area contributed by atoms with Gasteiger partial charge in [0.15, 0.2) is 0 Å². The van der Waals surface area contributed by atoms with Crippen molar-refractivity contribution in [3.05, 3.63) is 24.3 Å². The zero-order chi connectivity index (χ0) is 12.8. The van der Waals surface area contributed by atoms with Crippen LogP contribution in [0.25, 0.3) is 0 Å². The minimum absolute atomic E-state index is 0. The van der Waals surface area contributed by atoms with Crippen LogP contribution in [0.2, 0.25) is 0 Å². The lowest BCUT2D eigenvalue weighted by atomic mass is 10.3. The molecular weight excluding hydrogens is 273 g/mol. The van der Waals surface area contributed by atoms with E-state index < -0.39 is 0 Å². The number of halogens is 2. The molecular formula is C12H17Cl2N3O. The number of amides is 1. The van der Waals surface area contributed by atoms with Crippen molar-refractivity contribution in [1.29, 1.82) is 0 Å². The van der Waals surface area contributed by atoms with Gasteiger partial charge in [0.05, 0.1) is 5.69 Å². The highest BCUT2D eigenvalue weighted by atomic mass is 35.5. The molecule has 0 atom stereocenters. The van der Waals surface area contributed by atoms with E-state index in [-0.39, 0.29) is 24.2 Å². The maximum Gasteiger partial charge on any atom is 0.239 e. The maximum atomic E-state index is 11.1. The SMILES string of the molecule is CC(=Nc1ccc(NC(=O)CCl)cc1)N(C)C.Cl. The third-order valence-corrected chi connectivity index (χ3v) is 2.45. The van der Waals surface area contributed by atoms with Gasteiger partial charge in [-0.2, -0.15) is 0 Å². The Morgan fingerprint density at radius 3 is 2.33 bits per heavy atom. The van der Waals surface area contributed by atoms with Crippen molar-refractivity contribution in [3.63, 3.8) is 0 Å². The number of alkyl halides is 1.